The fourth-order valence-corrected chi connectivity index (χ4v) is 4.56. The number of hydrogen-bond donors (Lipinski definition) is 2. The van der Waals surface area contributed by atoms with Crippen molar-refractivity contribution in [2.24, 2.45) is 10.9 Å². The Hall–Kier alpha value is -4.81. The molecule has 9 nitrogen and oxygen atoms in total. The molecule has 2 amide bonds. The molecule has 10 heteroatoms. The van der Waals surface area contributed by atoms with E-state index in [9.17, 15) is 14.4 Å². The Morgan fingerprint density at radius 2 is 1.68 bits per heavy atom. The maximum atomic E-state index is 13.2. The summed E-state index contributed by atoms with van der Waals surface area (Å²) in [5.41, 5.74) is 2.53. The normalized spacial score (nSPS) is 13.4. The van der Waals surface area contributed by atoms with Gasteiger partial charge in [-0.15, -0.1) is 6.42 Å². The quantitative estimate of drug-likeness (QED) is 0.162. The van der Waals surface area contributed by atoms with Crippen molar-refractivity contribution in [1.82, 2.24) is 4.90 Å². The van der Waals surface area contributed by atoms with E-state index in [1.807, 2.05) is 4.90 Å². The molecule has 1 fully saturated rings. The number of terminal acetylenes is 1. The lowest BCUT2D eigenvalue weighted by molar-refractivity contribution is -0.146. The van der Waals surface area contributed by atoms with Gasteiger partial charge in [0, 0.05) is 41.0 Å². The van der Waals surface area contributed by atoms with Crippen LogP contribution in [0.3, 0.4) is 0 Å². The molecule has 2 N–H and O–H groups in total. The summed E-state index contributed by atoms with van der Waals surface area (Å²) in [4.78, 5) is 44.6. The number of carbonyl (C=O) groups excluding carboxylic acids is 3. The minimum absolute atomic E-state index is 0.0752. The van der Waals surface area contributed by atoms with Gasteiger partial charge in [0.25, 0.3) is 11.8 Å². The fraction of sp³-hybridized carbons (Fsp3) is 0.226. The highest BCUT2D eigenvalue weighted by Gasteiger charge is 2.24. The first-order chi connectivity index (χ1) is 19.8. The van der Waals surface area contributed by atoms with Gasteiger partial charge in [-0.1, -0.05) is 17.5 Å². The average molecular weight is 573 g/mol. The zero-order chi connectivity index (χ0) is 29.4. The highest BCUT2D eigenvalue weighted by Crippen LogP contribution is 2.33. The van der Waals surface area contributed by atoms with Crippen LogP contribution in [0.2, 0.25) is 5.02 Å². The summed E-state index contributed by atoms with van der Waals surface area (Å²) in [7, 11) is 2.83. The second-order valence-electron chi connectivity index (χ2n) is 9.29. The Balaban J connectivity index is 1.45. The number of nitrogens with zero attached hydrogens (tertiary/aromatic N) is 2. The SMILES string of the molecule is C#Cc1ccc(NC(=O)c2cc(Cl)cc(OC)c2NC(=O)c2ccc(/N=C/N3CCC(C(=O)OC)CC3)cc2)cc1. The van der Waals surface area contributed by atoms with Crippen LogP contribution in [0.4, 0.5) is 17.1 Å². The number of halogens is 1. The number of carbonyl (C=O) groups is 3. The van der Waals surface area contributed by atoms with Crippen molar-refractivity contribution in [2.45, 2.75) is 12.8 Å². The van der Waals surface area contributed by atoms with E-state index >= 15 is 0 Å². The molecule has 3 aromatic carbocycles. The zero-order valence-corrected chi connectivity index (χ0v) is 23.4. The second-order valence-corrected chi connectivity index (χ2v) is 9.72. The van der Waals surface area contributed by atoms with Gasteiger partial charge in [-0.3, -0.25) is 14.4 Å². The van der Waals surface area contributed by atoms with Crippen molar-refractivity contribution < 1.29 is 23.9 Å². The summed E-state index contributed by atoms with van der Waals surface area (Å²) in [6.07, 6.45) is 8.56. The Bertz CT molecular complexity index is 1490. The van der Waals surface area contributed by atoms with Crippen LogP contribution in [-0.2, 0) is 9.53 Å². The number of esters is 1. The van der Waals surface area contributed by atoms with Crippen molar-refractivity contribution in [1.29, 1.82) is 0 Å². The molecule has 0 unspecified atom stereocenters. The number of methoxy groups -OCH3 is 2. The van der Waals surface area contributed by atoms with E-state index < -0.39 is 11.8 Å². The molecule has 1 aliphatic heterocycles. The summed E-state index contributed by atoms with van der Waals surface area (Å²) >= 11 is 6.24. The lowest BCUT2D eigenvalue weighted by atomic mass is 9.97. The van der Waals surface area contributed by atoms with Crippen LogP contribution in [-0.4, -0.2) is 56.3 Å². The first kappa shape index (κ1) is 29.2. The van der Waals surface area contributed by atoms with E-state index in [4.69, 9.17) is 27.5 Å². The number of piperidine rings is 1. The lowest BCUT2D eigenvalue weighted by Crippen LogP contribution is -2.35. The molecule has 41 heavy (non-hydrogen) atoms. The van der Waals surface area contributed by atoms with Crippen LogP contribution in [0.1, 0.15) is 39.1 Å². The summed E-state index contributed by atoms with van der Waals surface area (Å²) < 4.78 is 10.2. The Morgan fingerprint density at radius 3 is 2.29 bits per heavy atom. The minimum atomic E-state index is -0.491. The monoisotopic (exact) mass is 572 g/mol. The number of aliphatic imine (C=N–C) groups is 1. The molecular weight excluding hydrogens is 544 g/mol. The molecule has 4 rings (SSSR count). The number of amides is 2. The number of hydrogen-bond acceptors (Lipinski definition) is 6. The van der Waals surface area contributed by atoms with Crippen molar-refractivity contribution in [3.63, 3.8) is 0 Å². The Morgan fingerprint density at radius 1 is 1.00 bits per heavy atom. The third-order valence-electron chi connectivity index (χ3n) is 6.64. The number of rotatable bonds is 8. The van der Waals surface area contributed by atoms with Gasteiger partial charge in [0.2, 0.25) is 0 Å². The molecule has 3 aromatic rings. The predicted molar refractivity (Wildman–Crippen MR) is 159 cm³/mol. The van der Waals surface area contributed by atoms with Crippen molar-refractivity contribution in [3.8, 4) is 18.1 Å². The van der Waals surface area contributed by atoms with E-state index in [1.165, 1.54) is 26.4 Å². The topological polar surface area (TPSA) is 109 Å². The highest BCUT2D eigenvalue weighted by molar-refractivity contribution is 6.31. The highest BCUT2D eigenvalue weighted by atomic mass is 35.5. The van der Waals surface area contributed by atoms with E-state index in [2.05, 4.69) is 21.5 Å². The first-order valence-electron chi connectivity index (χ1n) is 12.8. The van der Waals surface area contributed by atoms with E-state index in [0.717, 1.165) is 0 Å². The molecule has 0 aromatic heterocycles. The molecule has 0 aliphatic carbocycles. The van der Waals surface area contributed by atoms with E-state index in [0.29, 0.717) is 48.4 Å². The van der Waals surface area contributed by atoms with Crippen molar-refractivity contribution >= 4 is 52.8 Å². The molecule has 0 spiro atoms. The van der Waals surface area contributed by atoms with Crippen molar-refractivity contribution in [2.75, 3.05) is 37.9 Å². The smallest absolute Gasteiger partial charge is 0.308 e. The van der Waals surface area contributed by atoms with E-state index in [-0.39, 0.29) is 33.9 Å². The summed E-state index contributed by atoms with van der Waals surface area (Å²) in [6.45, 7) is 1.41. The van der Waals surface area contributed by atoms with Gasteiger partial charge < -0.3 is 25.0 Å². The minimum Gasteiger partial charge on any atom is -0.494 e. The standard InChI is InChI=1S/C31H29ClN4O5/c1-4-20-5-9-25(10-6-20)34-30(38)26-17-23(32)18-27(40-2)28(26)35-29(37)21-7-11-24(12-8-21)33-19-36-15-13-22(14-16-36)31(39)41-3/h1,5-12,17-19,22H,13-16H2,2-3H3,(H,34,38)(H,35,37)/b33-19+. The third kappa shape index (κ3) is 7.44. The summed E-state index contributed by atoms with van der Waals surface area (Å²) in [5, 5.41) is 5.84. The van der Waals surface area contributed by atoms with Crippen LogP contribution in [0, 0.1) is 18.3 Å². The van der Waals surface area contributed by atoms with Gasteiger partial charge in [-0.2, -0.15) is 0 Å². The Labute approximate surface area is 243 Å². The van der Waals surface area contributed by atoms with Gasteiger partial charge in [0.15, 0.2) is 0 Å². The maximum absolute atomic E-state index is 13.2. The second kappa shape index (κ2) is 13.5. The summed E-state index contributed by atoms with van der Waals surface area (Å²) in [6, 6.07) is 16.5. The summed E-state index contributed by atoms with van der Waals surface area (Å²) in [5.74, 6) is 1.57. The molecule has 0 saturated carbocycles. The largest absolute Gasteiger partial charge is 0.494 e. The number of benzene rings is 3. The number of anilines is 2. The number of nitrogens with one attached hydrogen (secondary N) is 2. The fourth-order valence-electron chi connectivity index (χ4n) is 4.35. The van der Waals surface area contributed by atoms with Crippen molar-refractivity contribution in [3.05, 3.63) is 82.4 Å². The number of ether oxygens (including phenoxy) is 2. The van der Waals surface area contributed by atoms with Crippen LogP contribution in [0.5, 0.6) is 5.75 Å². The predicted octanol–water partition coefficient (Wildman–Crippen LogP) is 5.38. The average Bonchev–Trinajstić information content (AvgIpc) is 3.01. The molecule has 0 radical (unpaired) electrons. The molecule has 1 heterocycles. The van der Waals surface area contributed by atoms with Gasteiger partial charge >= 0.3 is 5.97 Å². The zero-order valence-electron chi connectivity index (χ0n) is 22.6. The van der Waals surface area contributed by atoms with Crippen LogP contribution < -0.4 is 15.4 Å². The van der Waals surface area contributed by atoms with Crippen LogP contribution in [0.15, 0.2) is 65.7 Å². The molecule has 210 valence electrons. The van der Waals surface area contributed by atoms with Gasteiger partial charge in [-0.25, -0.2) is 4.99 Å². The van der Waals surface area contributed by atoms with E-state index in [1.54, 1.807) is 54.9 Å². The van der Waals surface area contributed by atoms with Crippen LogP contribution >= 0.6 is 11.6 Å². The molecular formula is C31H29ClN4O5. The lowest BCUT2D eigenvalue weighted by Gasteiger charge is -2.28. The van der Waals surface area contributed by atoms with Crippen LogP contribution in [0.25, 0.3) is 0 Å². The third-order valence-corrected chi connectivity index (χ3v) is 6.86. The Kier molecular flexibility index (Phi) is 9.61. The number of likely N-dealkylation sites (tertiary alicyclic amines) is 1. The molecule has 1 saturated heterocycles. The molecule has 1 aliphatic rings. The van der Waals surface area contributed by atoms with Gasteiger partial charge in [-0.05, 0) is 67.4 Å². The van der Waals surface area contributed by atoms with Gasteiger partial charge in [0.05, 0.1) is 43.4 Å². The van der Waals surface area contributed by atoms with Gasteiger partial charge in [0.1, 0.15) is 5.75 Å². The first-order valence-corrected chi connectivity index (χ1v) is 13.2. The maximum Gasteiger partial charge on any atom is 0.308 e. The molecule has 0 bridgehead atoms. The molecule has 0 atom stereocenters.